The second-order valence-electron chi connectivity index (χ2n) is 8.01. The fraction of sp³-hybridized carbons (Fsp3) is 0.571. The Hall–Kier alpha value is -2.25. The molecule has 1 aromatic heterocycles. The monoisotopic (exact) mass is 385 g/mol. The zero-order chi connectivity index (χ0) is 20.1. The number of hydrogen-bond donors (Lipinski definition) is 1. The lowest BCUT2D eigenvalue weighted by molar-refractivity contribution is -0.121. The molecular weight excluding hydrogens is 354 g/mol. The first-order valence-corrected chi connectivity index (χ1v) is 10.0. The smallest absolute Gasteiger partial charge is 0.236 e. The number of nitrogens with zero attached hydrogens (tertiary/aromatic N) is 4. The SMILES string of the molecule is CCN1CCN(C(C)(C)CNC(=O)Cc2nc(-c3ccccc3C)no2)CC1. The molecule has 1 aliphatic rings. The minimum Gasteiger partial charge on any atom is -0.354 e. The number of aryl methyl sites for hydroxylation is 1. The number of carbonyl (C=O) groups is 1. The van der Waals surface area contributed by atoms with Gasteiger partial charge in [0.25, 0.3) is 0 Å². The number of hydrogen-bond acceptors (Lipinski definition) is 6. The summed E-state index contributed by atoms with van der Waals surface area (Å²) in [5.74, 6) is 0.764. The average molecular weight is 386 g/mol. The Bertz CT molecular complexity index is 794. The summed E-state index contributed by atoms with van der Waals surface area (Å²) in [5, 5.41) is 7.05. The highest BCUT2D eigenvalue weighted by Gasteiger charge is 2.30. The molecule has 0 aliphatic carbocycles. The van der Waals surface area contributed by atoms with Gasteiger partial charge in [-0.25, -0.2) is 0 Å². The molecule has 2 aromatic rings. The Morgan fingerprint density at radius 1 is 1.21 bits per heavy atom. The summed E-state index contributed by atoms with van der Waals surface area (Å²) in [7, 11) is 0. The number of benzene rings is 1. The van der Waals surface area contributed by atoms with Crippen LogP contribution >= 0.6 is 0 Å². The van der Waals surface area contributed by atoms with E-state index >= 15 is 0 Å². The van der Waals surface area contributed by atoms with E-state index in [2.05, 4.69) is 46.0 Å². The number of rotatable bonds is 7. The van der Waals surface area contributed by atoms with Crippen molar-refractivity contribution in [3.8, 4) is 11.4 Å². The van der Waals surface area contributed by atoms with Crippen LogP contribution in [0.15, 0.2) is 28.8 Å². The van der Waals surface area contributed by atoms with Gasteiger partial charge in [-0.3, -0.25) is 9.69 Å². The normalized spacial score (nSPS) is 16.3. The third kappa shape index (κ3) is 4.97. The third-order valence-electron chi connectivity index (χ3n) is 5.56. The van der Waals surface area contributed by atoms with Gasteiger partial charge in [-0.05, 0) is 32.9 Å². The van der Waals surface area contributed by atoms with Crippen LogP contribution in [-0.2, 0) is 11.2 Å². The van der Waals surface area contributed by atoms with E-state index in [0.29, 0.717) is 18.3 Å². The van der Waals surface area contributed by atoms with E-state index in [1.807, 2.05) is 31.2 Å². The number of carbonyl (C=O) groups excluding carboxylic acids is 1. The molecule has 152 valence electrons. The maximum atomic E-state index is 12.4. The van der Waals surface area contributed by atoms with Crippen molar-refractivity contribution in [1.82, 2.24) is 25.3 Å². The molecule has 1 N–H and O–H groups in total. The van der Waals surface area contributed by atoms with E-state index in [1.54, 1.807) is 0 Å². The van der Waals surface area contributed by atoms with Gasteiger partial charge in [-0.1, -0.05) is 36.3 Å². The zero-order valence-electron chi connectivity index (χ0n) is 17.4. The lowest BCUT2D eigenvalue weighted by atomic mass is 10.0. The van der Waals surface area contributed by atoms with Crippen molar-refractivity contribution in [3.05, 3.63) is 35.7 Å². The zero-order valence-corrected chi connectivity index (χ0v) is 17.4. The lowest BCUT2D eigenvalue weighted by Gasteiger charge is -2.44. The standard InChI is InChI=1S/C21H31N5O2/c1-5-25-10-12-26(13-11-25)21(3,4)15-22-18(27)14-19-23-20(24-28-19)17-9-7-6-8-16(17)2/h6-9H,5,10-15H2,1-4H3,(H,22,27). The van der Waals surface area contributed by atoms with Crippen molar-refractivity contribution in [2.24, 2.45) is 0 Å². The predicted molar refractivity (Wildman–Crippen MR) is 109 cm³/mol. The fourth-order valence-corrected chi connectivity index (χ4v) is 3.56. The number of aromatic nitrogens is 2. The first-order chi connectivity index (χ1) is 13.4. The Morgan fingerprint density at radius 3 is 2.61 bits per heavy atom. The summed E-state index contributed by atoms with van der Waals surface area (Å²) in [4.78, 5) is 21.7. The molecule has 1 amide bonds. The Balaban J connectivity index is 1.51. The highest BCUT2D eigenvalue weighted by Crippen LogP contribution is 2.20. The Morgan fingerprint density at radius 2 is 1.93 bits per heavy atom. The van der Waals surface area contributed by atoms with E-state index in [1.165, 1.54) is 0 Å². The van der Waals surface area contributed by atoms with Crippen molar-refractivity contribution < 1.29 is 9.32 Å². The molecule has 7 nitrogen and oxygen atoms in total. The van der Waals surface area contributed by atoms with Gasteiger partial charge in [0, 0.05) is 43.8 Å². The Labute approximate surface area is 167 Å². The van der Waals surface area contributed by atoms with Crippen LogP contribution in [0.1, 0.15) is 32.2 Å². The van der Waals surface area contributed by atoms with Crippen molar-refractivity contribution >= 4 is 5.91 Å². The molecule has 0 spiro atoms. The first kappa shape index (κ1) is 20.5. The van der Waals surface area contributed by atoms with Crippen molar-refractivity contribution in [2.75, 3.05) is 39.3 Å². The highest BCUT2D eigenvalue weighted by molar-refractivity contribution is 5.77. The van der Waals surface area contributed by atoms with E-state index in [-0.39, 0.29) is 17.9 Å². The van der Waals surface area contributed by atoms with Crippen LogP contribution in [0.2, 0.25) is 0 Å². The molecule has 0 bridgehead atoms. The molecule has 1 aromatic carbocycles. The molecule has 0 atom stereocenters. The quantitative estimate of drug-likeness (QED) is 0.787. The molecule has 2 heterocycles. The van der Waals surface area contributed by atoms with Crippen LogP contribution in [0.5, 0.6) is 0 Å². The second-order valence-corrected chi connectivity index (χ2v) is 8.01. The van der Waals surface area contributed by atoms with Crippen LogP contribution in [0.3, 0.4) is 0 Å². The van der Waals surface area contributed by atoms with E-state index in [4.69, 9.17) is 4.52 Å². The average Bonchev–Trinajstić information content (AvgIpc) is 3.15. The minimum atomic E-state index is -0.0970. The lowest BCUT2D eigenvalue weighted by Crippen LogP contribution is -2.58. The summed E-state index contributed by atoms with van der Waals surface area (Å²) in [6.45, 7) is 14.5. The molecule has 7 heteroatoms. The number of amides is 1. The summed E-state index contributed by atoms with van der Waals surface area (Å²) < 4.78 is 5.28. The maximum Gasteiger partial charge on any atom is 0.236 e. The number of piperazine rings is 1. The largest absolute Gasteiger partial charge is 0.354 e. The van der Waals surface area contributed by atoms with Crippen LogP contribution in [-0.4, -0.2) is 70.7 Å². The molecule has 1 aliphatic heterocycles. The summed E-state index contributed by atoms with van der Waals surface area (Å²) in [6.07, 6.45) is 0.0958. The molecular formula is C21H31N5O2. The van der Waals surface area contributed by atoms with Crippen molar-refractivity contribution in [1.29, 1.82) is 0 Å². The molecule has 0 saturated carbocycles. The fourth-order valence-electron chi connectivity index (χ4n) is 3.56. The van der Waals surface area contributed by atoms with Gasteiger partial charge < -0.3 is 14.7 Å². The molecule has 1 saturated heterocycles. The van der Waals surface area contributed by atoms with Gasteiger partial charge in [-0.15, -0.1) is 0 Å². The summed E-state index contributed by atoms with van der Waals surface area (Å²) in [5.41, 5.74) is 1.91. The topological polar surface area (TPSA) is 74.5 Å². The first-order valence-electron chi connectivity index (χ1n) is 10.0. The minimum absolute atomic E-state index is 0.0867. The van der Waals surface area contributed by atoms with E-state index in [0.717, 1.165) is 43.9 Å². The molecule has 3 rings (SSSR count). The summed E-state index contributed by atoms with van der Waals surface area (Å²) >= 11 is 0. The molecule has 0 radical (unpaired) electrons. The van der Waals surface area contributed by atoms with Gasteiger partial charge in [0.1, 0.15) is 6.42 Å². The van der Waals surface area contributed by atoms with Crippen LogP contribution < -0.4 is 5.32 Å². The maximum absolute atomic E-state index is 12.4. The van der Waals surface area contributed by atoms with Gasteiger partial charge in [0.05, 0.1) is 0 Å². The van der Waals surface area contributed by atoms with Crippen LogP contribution in [0, 0.1) is 6.92 Å². The van der Waals surface area contributed by atoms with Gasteiger partial charge in [-0.2, -0.15) is 4.98 Å². The van der Waals surface area contributed by atoms with Gasteiger partial charge >= 0.3 is 0 Å². The third-order valence-corrected chi connectivity index (χ3v) is 5.56. The van der Waals surface area contributed by atoms with Crippen molar-refractivity contribution in [3.63, 3.8) is 0 Å². The van der Waals surface area contributed by atoms with E-state index in [9.17, 15) is 4.79 Å². The summed E-state index contributed by atoms with van der Waals surface area (Å²) in [6, 6.07) is 7.86. The molecule has 28 heavy (non-hydrogen) atoms. The number of likely N-dealkylation sites (N-methyl/N-ethyl adjacent to an activating group) is 1. The highest BCUT2D eigenvalue weighted by atomic mass is 16.5. The van der Waals surface area contributed by atoms with Gasteiger partial charge in [0.15, 0.2) is 0 Å². The second kappa shape index (κ2) is 8.84. The predicted octanol–water partition coefficient (Wildman–Crippen LogP) is 2.12. The molecule has 1 fully saturated rings. The van der Waals surface area contributed by atoms with Crippen molar-refractivity contribution in [2.45, 2.75) is 39.7 Å². The molecule has 0 unspecified atom stereocenters. The number of nitrogens with one attached hydrogen (secondary N) is 1. The van der Waals surface area contributed by atoms with Crippen LogP contribution in [0.25, 0.3) is 11.4 Å². The van der Waals surface area contributed by atoms with E-state index < -0.39 is 0 Å². The van der Waals surface area contributed by atoms with Gasteiger partial charge in [0.2, 0.25) is 17.6 Å². The van der Waals surface area contributed by atoms with Crippen LogP contribution in [0.4, 0.5) is 0 Å². The Kier molecular flexibility index (Phi) is 6.46.